The zero-order valence-corrected chi connectivity index (χ0v) is 13.0. The van der Waals surface area contributed by atoms with E-state index in [1.165, 1.54) is 0 Å². The summed E-state index contributed by atoms with van der Waals surface area (Å²) in [6.45, 7) is 2.14. The quantitative estimate of drug-likeness (QED) is 0.819. The van der Waals surface area contributed by atoms with Crippen LogP contribution in [0.25, 0.3) is 0 Å². The Morgan fingerprint density at radius 2 is 1.80 bits per heavy atom. The fourth-order valence-corrected chi connectivity index (χ4v) is 4.73. The third-order valence-electron chi connectivity index (χ3n) is 4.58. The number of aliphatic carboxylic acids is 1. The summed E-state index contributed by atoms with van der Waals surface area (Å²) >= 11 is 1.91. The monoisotopic (exact) mass is 299 g/mol. The first kappa shape index (κ1) is 15.7. The van der Waals surface area contributed by atoms with Crippen LogP contribution < -0.4 is 5.32 Å². The van der Waals surface area contributed by atoms with Gasteiger partial charge in [-0.25, -0.2) is 0 Å². The Labute approximate surface area is 125 Å². The highest BCUT2D eigenvalue weighted by molar-refractivity contribution is 7.99. The van der Waals surface area contributed by atoms with E-state index in [0.29, 0.717) is 11.7 Å². The van der Waals surface area contributed by atoms with Gasteiger partial charge in [-0.2, -0.15) is 11.8 Å². The first-order valence-electron chi connectivity index (χ1n) is 7.78. The highest BCUT2D eigenvalue weighted by atomic mass is 32.2. The zero-order chi connectivity index (χ0) is 14.5. The molecule has 2 aliphatic carbocycles. The van der Waals surface area contributed by atoms with Crippen LogP contribution in [0.5, 0.6) is 0 Å². The van der Waals surface area contributed by atoms with E-state index in [1.54, 1.807) is 0 Å². The Bertz CT molecular complexity index is 361. The zero-order valence-electron chi connectivity index (χ0n) is 12.1. The lowest BCUT2D eigenvalue weighted by Gasteiger charge is -2.30. The second-order valence-electron chi connectivity index (χ2n) is 5.88. The molecule has 0 aromatic rings. The van der Waals surface area contributed by atoms with Gasteiger partial charge in [0.2, 0.25) is 5.91 Å². The maximum atomic E-state index is 12.4. The van der Waals surface area contributed by atoms with Gasteiger partial charge in [0.05, 0.1) is 11.8 Å². The average Bonchev–Trinajstić information content (AvgIpc) is 2.86. The van der Waals surface area contributed by atoms with Gasteiger partial charge in [0.25, 0.3) is 0 Å². The van der Waals surface area contributed by atoms with Gasteiger partial charge in [-0.3, -0.25) is 9.59 Å². The van der Waals surface area contributed by atoms with Gasteiger partial charge in [0.1, 0.15) is 0 Å². The van der Waals surface area contributed by atoms with Gasteiger partial charge in [0.15, 0.2) is 0 Å². The van der Waals surface area contributed by atoms with Crippen LogP contribution in [0.4, 0.5) is 0 Å². The summed E-state index contributed by atoms with van der Waals surface area (Å²) in [5.74, 6) is -0.573. The largest absolute Gasteiger partial charge is 0.481 e. The van der Waals surface area contributed by atoms with Gasteiger partial charge in [0, 0.05) is 11.3 Å². The van der Waals surface area contributed by atoms with E-state index in [4.69, 9.17) is 0 Å². The summed E-state index contributed by atoms with van der Waals surface area (Å²) in [5, 5.41) is 12.9. The van der Waals surface area contributed by atoms with Gasteiger partial charge in [-0.1, -0.05) is 26.2 Å². The van der Waals surface area contributed by atoms with Crippen molar-refractivity contribution in [1.29, 1.82) is 0 Å². The normalized spacial score (nSPS) is 33.9. The molecule has 4 unspecified atom stereocenters. The molecule has 20 heavy (non-hydrogen) atoms. The van der Waals surface area contributed by atoms with E-state index in [0.717, 1.165) is 44.3 Å². The summed E-state index contributed by atoms with van der Waals surface area (Å²) < 4.78 is 0. The molecule has 1 amide bonds. The van der Waals surface area contributed by atoms with Crippen molar-refractivity contribution in [3.05, 3.63) is 0 Å². The number of hydrogen-bond acceptors (Lipinski definition) is 3. The maximum absolute atomic E-state index is 12.4. The number of carboxylic acids is 1. The summed E-state index contributed by atoms with van der Waals surface area (Å²) in [4.78, 5) is 23.7. The number of carbonyl (C=O) groups is 2. The molecule has 4 nitrogen and oxygen atoms in total. The number of carbonyl (C=O) groups excluding carboxylic acids is 1. The molecule has 2 aliphatic rings. The minimum Gasteiger partial charge on any atom is -0.481 e. The van der Waals surface area contributed by atoms with Crippen molar-refractivity contribution in [1.82, 2.24) is 5.32 Å². The topological polar surface area (TPSA) is 66.4 Å². The lowest BCUT2D eigenvalue weighted by atomic mass is 9.78. The standard InChI is InChI=1S/C15H25NO3S/c1-2-20-13-9-5-8-12(13)16-14(17)10-6-3-4-7-11(10)15(18)19/h10-13H,2-9H2,1H3,(H,16,17)(H,18,19). The van der Waals surface area contributed by atoms with E-state index in [-0.39, 0.29) is 17.9 Å². The van der Waals surface area contributed by atoms with Crippen LogP contribution in [0.1, 0.15) is 51.9 Å². The van der Waals surface area contributed by atoms with Crippen LogP contribution >= 0.6 is 11.8 Å². The van der Waals surface area contributed by atoms with Crippen molar-refractivity contribution in [3.63, 3.8) is 0 Å². The second kappa shape index (κ2) is 7.34. The van der Waals surface area contributed by atoms with Crippen molar-refractivity contribution in [2.45, 2.75) is 63.2 Å². The summed E-state index contributed by atoms with van der Waals surface area (Å²) in [7, 11) is 0. The summed E-state index contributed by atoms with van der Waals surface area (Å²) in [5.41, 5.74) is 0. The number of thioether (sulfide) groups is 1. The molecule has 0 aliphatic heterocycles. The van der Waals surface area contributed by atoms with Crippen LogP contribution in [0.2, 0.25) is 0 Å². The van der Waals surface area contributed by atoms with E-state index >= 15 is 0 Å². The van der Waals surface area contributed by atoms with Crippen molar-refractivity contribution in [3.8, 4) is 0 Å². The minimum absolute atomic E-state index is 0.0225. The number of nitrogens with one attached hydrogen (secondary N) is 1. The van der Waals surface area contributed by atoms with Crippen molar-refractivity contribution < 1.29 is 14.7 Å². The number of carboxylic acid groups (broad SMARTS) is 1. The molecule has 0 aromatic heterocycles. The molecule has 0 spiro atoms. The van der Waals surface area contributed by atoms with Crippen molar-refractivity contribution >= 4 is 23.6 Å². The molecular formula is C15H25NO3S. The molecule has 2 fully saturated rings. The Kier molecular flexibility index (Phi) is 5.75. The van der Waals surface area contributed by atoms with Crippen LogP contribution in [0.15, 0.2) is 0 Å². The highest BCUT2D eigenvalue weighted by Gasteiger charge is 2.38. The van der Waals surface area contributed by atoms with E-state index in [9.17, 15) is 14.7 Å². The van der Waals surface area contributed by atoms with Crippen molar-refractivity contribution in [2.75, 3.05) is 5.75 Å². The van der Waals surface area contributed by atoms with Crippen LogP contribution in [0, 0.1) is 11.8 Å². The van der Waals surface area contributed by atoms with Gasteiger partial charge >= 0.3 is 5.97 Å². The SMILES string of the molecule is CCSC1CCCC1NC(=O)C1CCCCC1C(=O)O. The predicted molar refractivity (Wildman–Crippen MR) is 80.8 cm³/mol. The number of amides is 1. The molecule has 4 atom stereocenters. The third kappa shape index (κ3) is 3.68. The molecule has 0 saturated heterocycles. The Morgan fingerprint density at radius 3 is 2.45 bits per heavy atom. The number of rotatable bonds is 5. The first-order valence-corrected chi connectivity index (χ1v) is 8.83. The smallest absolute Gasteiger partial charge is 0.307 e. The molecule has 0 heterocycles. The average molecular weight is 299 g/mol. The molecule has 5 heteroatoms. The Morgan fingerprint density at radius 1 is 1.10 bits per heavy atom. The predicted octanol–water partition coefficient (Wildman–Crippen LogP) is 2.67. The lowest BCUT2D eigenvalue weighted by Crippen LogP contribution is -2.46. The van der Waals surface area contributed by atoms with Gasteiger partial charge in [-0.15, -0.1) is 0 Å². The molecule has 114 valence electrons. The highest BCUT2D eigenvalue weighted by Crippen LogP contribution is 2.33. The fourth-order valence-electron chi connectivity index (χ4n) is 3.53. The second-order valence-corrected chi connectivity index (χ2v) is 7.39. The van der Waals surface area contributed by atoms with Crippen molar-refractivity contribution in [2.24, 2.45) is 11.8 Å². The molecule has 0 bridgehead atoms. The Hall–Kier alpha value is -0.710. The molecule has 2 N–H and O–H groups in total. The van der Waals surface area contributed by atoms with Crippen LogP contribution in [-0.2, 0) is 9.59 Å². The molecular weight excluding hydrogens is 274 g/mol. The Balaban J connectivity index is 1.94. The van der Waals surface area contributed by atoms with Crippen LogP contribution in [0.3, 0.4) is 0 Å². The summed E-state index contributed by atoms with van der Waals surface area (Å²) in [6, 6.07) is 0.240. The van der Waals surface area contributed by atoms with E-state index in [1.807, 2.05) is 11.8 Å². The fraction of sp³-hybridized carbons (Fsp3) is 0.867. The van der Waals surface area contributed by atoms with E-state index in [2.05, 4.69) is 12.2 Å². The first-order chi connectivity index (χ1) is 9.63. The third-order valence-corrected chi connectivity index (χ3v) is 5.91. The molecule has 2 saturated carbocycles. The van der Waals surface area contributed by atoms with E-state index < -0.39 is 11.9 Å². The van der Waals surface area contributed by atoms with Gasteiger partial charge < -0.3 is 10.4 Å². The molecule has 0 aromatic carbocycles. The maximum Gasteiger partial charge on any atom is 0.307 e. The van der Waals surface area contributed by atoms with Crippen LogP contribution in [-0.4, -0.2) is 34.0 Å². The number of hydrogen-bond donors (Lipinski definition) is 2. The summed E-state index contributed by atoms with van der Waals surface area (Å²) in [6.07, 6.45) is 6.63. The molecule has 0 radical (unpaired) electrons. The lowest BCUT2D eigenvalue weighted by molar-refractivity contribution is -0.149. The minimum atomic E-state index is -0.809. The van der Waals surface area contributed by atoms with Gasteiger partial charge in [-0.05, 0) is 31.4 Å². The molecule has 2 rings (SSSR count).